The molecule has 2 bridgehead atoms. The Bertz CT molecular complexity index is 925. The molecule has 8 heteroatoms. The van der Waals surface area contributed by atoms with Crippen molar-refractivity contribution < 1.29 is 34.8 Å². The number of hydrogen-bond donors (Lipinski definition) is 4. The third-order valence-corrected chi connectivity index (χ3v) is 6.66. The topological polar surface area (TPSA) is 132 Å². The fraction of sp³-hybridized carbons (Fsp3) is 0.476. The van der Waals surface area contributed by atoms with E-state index in [9.17, 15) is 34.8 Å². The predicted octanol–water partition coefficient (Wildman–Crippen LogP) is 1.27. The molecule has 4 rings (SSSR count). The lowest BCUT2D eigenvalue weighted by Gasteiger charge is -2.61. The Labute approximate surface area is 172 Å². The van der Waals surface area contributed by atoms with E-state index in [1.165, 1.54) is 19.1 Å². The van der Waals surface area contributed by atoms with E-state index in [2.05, 4.69) is 0 Å². The molecule has 3 fully saturated rings. The molecule has 6 atom stereocenters. The smallest absolute Gasteiger partial charge is 0.183 e. The molecule has 4 aliphatic rings. The van der Waals surface area contributed by atoms with Crippen molar-refractivity contribution >= 4 is 29.0 Å². The number of aliphatic hydroxyl groups is 4. The molecule has 3 saturated carbocycles. The highest BCUT2D eigenvalue weighted by Gasteiger charge is 2.77. The van der Waals surface area contributed by atoms with E-state index in [1.54, 1.807) is 19.1 Å². The van der Waals surface area contributed by atoms with Gasteiger partial charge in [0, 0.05) is 11.5 Å². The van der Waals surface area contributed by atoms with Gasteiger partial charge >= 0.3 is 0 Å². The third kappa shape index (κ3) is 2.65. The number of Topliss-reactive ketones (excluding diaryl/α,β-unsaturated/α-hetero) is 3. The van der Waals surface area contributed by atoms with Gasteiger partial charge in [-0.25, -0.2) is 0 Å². The van der Waals surface area contributed by atoms with Gasteiger partial charge in [-0.3, -0.25) is 14.4 Å². The Hall–Kier alpha value is -2.06. The van der Waals surface area contributed by atoms with Gasteiger partial charge in [-0.1, -0.05) is 29.8 Å². The molecule has 0 aliphatic heterocycles. The number of carbonyl (C=O) groups is 3. The van der Waals surface area contributed by atoms with Gasteiger partial charge in [-0.2, -0.15) is 0 Å². The summed E-state index contributed by atoms with van der Waals surface area (Å²) < 4.78 is 0. The van der Waals surface area contributed by atoms with Gasteiger partial charge < -0.3 is 20.4 Å². The zero-order valence-corrected chi connectivity index (χ0v) is 17.0. The molecule has 0 saturated heterocycles. The molecule has 156 valence electrons. The van der Waals surface area contributed by atoms with Crippen LogP contribution in [0, 0.1) is 16.7 Å². The average molecular weight is 423 g/mol. The van der Waals surface area contributed by atoms with Crippen molar-refractivity contribution in [2.75, 3.05) is 0 Å². The maximum Gasteiger partial charge on any atom is 0.183 e. The van der Waals surface area contributed by atoms with E-state index in [0.29, 0.717) is 0 Å². The maximum absolute atomic E-state index is 13.2. The van der Waals surface area contributed by atoms with Crippen LogP contribution in [0.2, 0.25) is 0 Å². The summed E-state index contributed by atoms with van der Waals surface area (Å²) in [4.78, 5) is 39.3. The van der Waals surface area contributed by atoms with Crippen molar-refractivity contribution in [2.24, 2.45) is 16.7 Å². The summed E-state index contributed by atoms with van der Waals surface area (Å²) in [6.07, 6.45) is 3.19. The first-order valence-corrected chi connectivity index (χ1v) is 9.58. The molecule has 0 aromatic heterocycles. The molecular weight excluding hydrogens is 400 g/mol. The minimum Gasteiger partial charge on any atom is -0.508 e. The molecular formula is C21H23ClO7. The number of hydrogen-bond acceptors (Lipinski definition) is 7. The van der Waals surface area contributed by atoms with Crippen LogP contribution in [-0.4, -0.2) is 55.6 Å². The molecule has 0 heterocycles. The number of carbonyl (C=O) groups excluding carboxylic acids is 3. The van der Waals surface area contributed by atoms with Gasteiger partial charge in [-0.05, 0) is 39.3 Å². The minimum atomic E-state index is -2.26. The molecule has 1 spiro atoms. The predicted molar refractivity (Wildman–Crippen MR) is 104 cm³/mol. The second kappa shape index (κ2) is 6.74. The Morgan fingerprint density at radius 2 is 1.79 bits per heavy atom. The molecule has 0 aromatic rings. The molecule has 0 radical (unpaired) electrons. The summed E-state index contributed by atoms with van der Waals surface area (Å²) in [6.45, 7) is 4.16. The summed E-state index contributed by atoms with van der Waals surface area (Å²) in [7, 11) is 0. The van der Waals surface area contributed by atoms with E-state index in [1.807, 2.05) is 0 Å². The molecule has 0 amide bonds. The first kappa shape index (κ1) is 21.6. The van der Waals surface area contributed by atoms with Crippen molar-refractivity contribution in [3.8, 4) is 0 Å². The maximum atomic E-state index is 13.2. The largest absolute Gasteiger partial charge is 0.508 e. The van der Waals surface area contributed by atoms with Crippen LogP contribution in [0.3, 0.4) is 0 Å². The highest BCUT2D eigenvalue weighted by molar-refractivity contribution is 6.44. The Morgan fingerprint density at radius 3 is 2.38 bits per heavy atom. The van der Waals surface area contributed by atoms with Crippen molar-refractivity contribution in [2.45, 2.75) is 45.0 Å². The number of allylic oxidation sites excluding steroid dienone is 5. The normalized spacial score (nSPS) is 44.3. The SMILES string of the molecule is CC=CC=CC(O)=C1C(=O)C2(C)CC3(C(=O)C(Cl)=CC(O)C3O)C1C(C)(O)C2=O. The monoisotopic (exact) mass is 422 g/mol. The van der Waals surface area contributed by atoms with Crippen LogP contribution >= 0.6 is 11.6 Å². The summed E-state index contributed by atoms with van der Waals surface area (Å²) >= 11 is 6.02. The minimum absolute atomic E-state index is 0.338. The standard InChI is InChI=1S/C21H23ClO7/c1-4-5-6-7-11(23)13-14-20(3,29)18(28)19(2,17(13)27)9-21(14)15(25)10(22)8-12(24)16(21)26/h4-8,12,14,16,23-24,26,29H,9H2,1-3H3. The summed E-state index contributed by atoms with van der Waals surface area (Å²) in [5, 5.41) is 42.6. The van der Waals surface area contributed by atoms with E-state index in [-0.39, 0.29) is 10.6 Å². The first-order chi connectivity index (χ1) is 13.4. The zero-order valence-electron chi connectivity index (χ0n) is 16.2. The zero-order chi connectivity index (χ0) is 21.9. The summed E-state index contributed by atoms with van der Waals surface area (Å²) in [5.41, 5.74) is -6.44. The van der Waals surface area contributed by atoms with E-state index in [4.69, 9.17) is 11.6 Å². The second-order valence-corrected chi connectivity index (χ2v) is 8.66. The fourth-order valence-corrected chi connectivity index (χ4v) is 5.49. The third-order valence-electron chi connectivity index (χ3n) is 6.36. The van der Waals surface area contributed by atoms with Gasteiger partial charge in [-0.15, -0.1) is 0 Å². The molecule has 0 aromatic carbocycles. The lowest BCUT2D eigenvalue weighted by Crippen LogP contribution is -2.75. The van der Waals surface area contributed by atoms with Crippen LogP contribution in [0.5, 0.6) is 0 Å². The van der Waals surface area contributed by atoms with Crippen molar-refractivity contribution in [1.82, 2.24) is 0 Å². The summed E-state index contributed by atoms with van der Waals surface area (Å²) in [6, 6.07) is 0. The quantitative estimate of drug-likeness (QED) is 0.228. The van der Waals surface area contributed by atoms with Crippen LogP contribution in [0.15, 0.2) is 46.7 Å². The Balaban J connectivity index is 2.37. The highest BCUT2D eigenvalue weighted by atomic mass is 35.5. The molecule has 4 aliphatic carbocycles. The van der Waals surface area contributed by atoms with Gasteiger partial charge in [0.05, 0.1) is 22.0 Å². The molecule has 6 unspecified atom stereocenters. The van der Waals surface area contributed by atoms with Crippen molar-refractivity contribution in [3.05, 3.63) is 46.7 Å². The Kier molecular flexibility index (Phi) is 5.03. The van der Waals surface area contributed by atoms with E-state index in [0.717, 1.165) is 13.0 Å². The average Bonchev–Trinajstić information content (AvgIpc) is 2.65. The molecule has 29 heavy (non-hydrogen) atoms. The number of fused-ring (bicyclic) bond motifs is 2. The van der Waals surface area contributed by atoms with Gasteiger partial charge in [0.2, 0.25) is 0 Å². The Morgan fingerprint density at radius 1 is 1.17 bits per heavy atom. The number of ketones is 3. The first-order valence-electron chi connectivity index (χ1n) is 9.20. The van der Waals surface area contributed by atoms with E-state index >= 15 is 0 Å². The molecule has 4 N–H and O–H groups in total. The van der Waals surface area contributed by atoms with Gasteiger partial charge in [0.15, 0.2) is 17.3 Å². The van der Waals surface area contributed by atoms with Crippen molar-refractivity contribution in [1.29, 1.82) is 0 Å². The molecule has 7 nitrogen and oxygen atoms in total. The lowest BCUT2D eigenvalue weighted by molar-refractivity contribution is -0.203. The van der Waals surface area contributed by atoms with Crippen LogP contribution in [0.1, 0.15) is 27.2 Å². The lowest BCUT2D eigenvalue weighted by atomic mass is 9.40. The number of aliphatic hydroxyl groups excluding tert-OH is 3. The van der Waals surface area contributed by atoms with Gasteiger partial charge in [0.25, 0.3) is 0 Å². The highest BCUT2D eigenvalue weighted by Crippen LogP contribution is 2.64. The number of halogens is 1. The van der Waals surface area contributed by atoms with Crippen LogP contribution in [0.4, 0.5) is 0 Å². The van der Waals surface area contributed by atoms with Gasteiger partial charge in [0.1, 0.15) is 17.5 Å². The second-order valence-electron chi connectivity index (χ2n) is 8.25. The van der Waals surface area contributed by atoms with Crippen LogP contribution in [-0.2, 0) is 14.4 Å². The fourth-order valence-electron chi connectivity index (χ4n) is 5.19. The van der Waals surface area contributed by atoms with Crippen LogP contribution < -0.4 is 0 Å². The summed E-state index contributed by atoms with van der Waals surface area (Å²) in [5.74, 6) is -4.45. The van der Waals surface area contributed by atoms with Crippen LogP contribution in [0.25, 0.3) is 0 Å². The number of rotatable bonds is 2. The van der Waals surface area contributed by atoms with E-state index < -0.39 is 64.1 Å². The van der Waals surface area contributed by atoms with Crippen molar-refractivity contribution in [3.63, 3.8) is 0 Å².